The van der Waals surface area contributed by atoms with Crippen molar-refractivity contribution in [2.45, 2.75) is 32.8 Å². The molecule has 2 N–H and O–H groups in total. The summed E-state index contributed by atoms with van der Waals surface area (Å²) in [4.78, 5) is 9.69. The number of hydrogen-bond acceptors (Lipinski definition) is 20. The Morgan fingerprint density at radius 3 is 1.69 bits per heavy atom. The van der Waals surface area contributed by atoms with E-state index in [4.69, 9.17) is 20.3 Å². The van der Waals surface area contributed by atoms with Gasteiger partial charge in [0.2, 0.25) is 0 Å². The van der Waals surface area contributed by atoms with E-state index in [0.717, 1.165) is 6.42 Å². The van der Waals surface area contributed by atoms with E-state index in [1.54, 1.807) is 0 Å². The summed E-state index contributed by atoms with van der Waals surface area (Å²) in [7, 11) is 0. The maximum absolute atomic E-state index is 7.82. The summed E-state index contributed by atoms with van der Waals surface area (Å²) in [6.07, 6.45) is 0.926. The van der Waals surface area contributed by atoms with Crippen molar-refractivity contribution in [2.24, 2.45) is 17.8 Å². The first-order valence-corrected chi connectivity index (χ1v) is 7.42. The Bertz CT molecular complexity index is 357. The molecule has 20 heteroatoms. The van der Waals surface area contributed by atoms with Gasteiger partial charge in [0.15, 0.2) is 0 Å². The molecule has 1 aliphatic carbocycles. The Balaban J connectivity index is 1.99. The van der Waals surface area contributed by atoms with Gasteiger partial charge >= 0.3 is 0 Å². The zero-order chi connectivity index (χ0) is 21.2. The fraction of sp³-hybridized carbons (Fsp3) is 1.00. The molecule has 1 aliphatic rings. The van der Waals surface area contributed by atoms with Crippen molar-refractivity contribution in [2.75, 3.05) is 6.61 Å². The predicted molar refractivity (Wildman–Crippen MR) is 64.5 cm³/mol. The van der Waals surface area contributed by atoms with E-state index in [0.29, 0.717) is 12.3 Å². The van der Waals surface area contributed by atoms with E-state index < -0.39 is 0 Å². The fourth-order valence-electron chi connectivity index (χ4n) is 2.29. The third kappa shape index (κ3) is 13.2. The lowest BCUT2D eigenvalue weighted by Gasteiger charge is -2.42. The molecular formula is C9H18O20. The van der Waals surface area contributed by atoms with Crippen LogP contribution >= 0.6 is 0 Å². The van der Waals surface area contributed by atoms with Crippen LogP contribution in [0.1, 0.15) is 26.7 Å². The minimum atomic E-state index is -0.358. The largest absolute Gasteiger partial charge is 0.219 e. The van der Waals surface area contributed by atoms with Gasteiger partial charge in [-0.25, -0.2) is 20.3 Å². The highest BCUT2D eigenvalue weighted by Crippen LogP contribution is 2.41. The minimum Gasteiger partial charge on any atom is -0.219 e. The molecule has 1 fully saturated rings. The molecule has 0 aromatic rings. The summed E-state index contributed by atoms with van der Waals surface area (Å²) in [6.45, 7) is 4.16. The molecule has 0 amide bonds. The maximum atomic E-state index is 7.82. The standard InChI is InChI=1S/C9H18O20/c1-6(2)3-8-7(5-12-16-20-18-14-10)4-9(8)13-17-21-23-25-27-29-28-26-24-22-19-15-11/h6-11H,3-5H2,1-2H3. The molecule has 0 radical (unpaired) electrons. The van der Waals surface area contributed by atoms with E-state index in [2.05, 4.69) is 80.6 Å². The summed E-state index contributed by atoms with van der Waals surface area (Å²) in [5.74, 6) is 0.407. The first-order chi connectivity index (χ1) is 14.2. The van der Waals surface area contributed by atoms with Crippen LogP contribution in [0.5, 0.6) is 0 Å². The Hall–Kier alpha value is -0.800. The van der Waals surface area contributed by atoms with Gasteiger partial charge in [-0.3, -0.25) is 0 Å². The normalized spacial score (nSPS) is 21.6. The lowest BCUT2D eigenvalue weighted by molar-refractivity contribution is -0.875. The lowest BCUT2D eigenvalue weighted by atomic mass is 9.68. The predicted octanol–water partition coefficient (Wildman–Crippen LogP) is 0.922. The molecule has 29 heavy (non-hydrogen) atoms. The van der Waals surface area contributed by atoms with Gasteiger partial charge in [-0.1, -0.05) is 13.8 Å². The molecule has 20 nitrogen and oxygen atoms in total. The number of hydrogen-bond donors (Lipinski definition) is 2. The van der Waals surface area contributed by atoms with Gasteiger partial charge in [0.1, 0.15) is 0 Å². The summed E-state index contributed by atoms with van der Waals surface area (Å²) in [5.41, 5.74) is 0. The minimum absolute atomic E-state index is 0.0192. The Labute approximate surface area is 159 Å². The Kier molecular flexibility index (Phi) is 16.3. The number of rotatable bonds is 21. The third-order valence-corrected chi connectivity index (χ3v) is 3.25. The summed E-state index contributed by atoms with van der Waals surface area (Å²) >= 11 is 0. The van der Waals surface area contributed by atoms with Crippen molar-refractivity contribution in [1.82, 2.24) is 0 Å². The van der Waals surface area contributed by atoms with Gasteiger partial charge < -0.3 is 0 Å². The molecule has 1 rings (SSSR count). The van der Waals surface area contributed by atoms with Crippen LogP contribution in [0, 0.1) is 17.8 Å². The highest BCUT2D eigenvalue weighted by molar-refractivity contribution is 4.89. The van der Waals surface area contributed by atoms with Crippen LogP contribution in [-0.2, 0) is 90.4 Å². The van der Waals surface area contributed by atoms with E-state index in [1.807, 2.05) is 13.8 Å². The average molecular weight is 446 g/mol. The Morgan fingerprint density at radius 1 is 0.690 bits per heavy atom. The maximum Gasteiger partial charge on any atom is 0.0997 e. The van der Waals surface area contributed by atoms with Gasteiger partial charge in [0.25, 0.3) is 0 Å². The molecule has 1 saturated carbocycles. The van der Waals surface area contributed by atoms with Crippen molar-refractivity contribution < 1.29 is 101 Å². The quantitative estimate of drug-likeness (QED) is 0.143. The zero-order valence-electron chi connectivity index (χ0n) is 14.7. The molecule has 0 bridgehead atoms. The van der Waals surface area contributed by atoms with E-state index in [-0.39, 0.29) is 24.5 Å². The fourth-order valence-corrected chi connectivity index (χ4v) is 2.29. The van der Waals surface area contributed by atoms with Crippen LogP contribution in [0.2, 0.25) is 0 Å². The molecule has 0 aliphatic heterocycles. The smallest absolute Gasteiger partial charge is 0.0997 e. The molecule has 0 aromatic heterocycles. The van der Waals surface area contributed by atoms with Gasteiger partial charge in [-0.15, -0.1) is 0 Å². The highest BCUT2D eigenvalue weighted by atomic mass is 18.0. The average Bonchev–Trinajstić information content (AvgIpc) is 2.70. The van der Waals surface area contributed by atoms with E-state index in [1.165, 1.54) is 0 Å². The van der Waals surface area contributed by atoms with Crippen LogP contribution in [0.4, 0.5) is 0 Å². The van der Waals surface area contributed by atoms with Crippen LogP contribution in [0.15, 0.2) is 0 Å². The molecule has 0 saturated heterocycles. The van der Waals surface area contributed by atoms with Crippen LogP contribution in [0.3, 0.4) is 0 Å². The van der Waals surface area contributed by atoms with Crippen LogP contribution in [0.25, 0.3) is 0 Å². The summed E-state index contributed by atoms with van der Waals surface area (Å²) < 4.78 is 0. The first kappa shape index (κ1) is 26.2. The van der Waals surface area contributed by atoms with Crippen molar-refractivity contribution in [3.8, 4) is 0 Å². The Morgan fingerprint density at radius 2 is 1.17 bits per heavy atom. The zero-order valence-corrected chi connectivity index (χ0v) is 14.7. The van der Waals surface area contributed by atoms with Crippen molar-refractivity contribution in [1.29, 1.82) is 0 Å². The second-order valence-corrected chi connectivity index (χ2v) is 5.31. The second kappa shape index (κ2) is 18.0. The second-order valence-electron chi connectivity index (χ2n) is 5.31. The van der Waals surface area contributed by atoms with Crippen LogP contribution in [-0.4, -0.2) is 23.2 Å². The van der Waals surface area contributed by atoms with Crippen molar-refractivity contribution >= 4 is 0 Å². The molecular weight excluding hydrogens is 428 g/mol. The molecule has 3 unspecified atom stereocenters. The van der Waals surface area contributed by atoms with Gasteiger partial charge in [0.05, 0.1) is 12.7 Å². The summed E-state index contributed by atoms with van der Waals surface area (Å²) in [5, 5.41) is 73.6. The van der Waals surface area contributed by atoms with Crippen molar-refractivity contribution in [3.63, 3.8) is 0 Å². The molecule has 0 spiro atoms. The van der Waals surface area contributed by atoms with E-state index >= 15 is 0 Å². The topological polar surface area (TPSA) is 207 Å². The van der Waals surface area contributed by atoms with E-state index in [9.17, 15) is 0 Å². The van der Waals surface area contributed by atoms with Crippen molar-refractivity contribution in [3.05, 3.63) is 0 Å². The summed E-state index contributed by atoms with van der Waals surface area (Å²) in [6, 6.07) is 0. The van der Waals surface area contributed by atoms with Gasteiger partial charge in [-0.2, -0.15) is 0 Å². The monoisotopic (exact) mass is 446 g/mol. The van der Waals surface area contributed by atoms with Gasteiger partial charge in [-0.05, 0) is 111 Å². The highest BCUT2D eigenvalue weighted by Gasteiger charge is 2.43. The van der Waals surface area contributed by atoms with Crippen LogP contribution < -0.4 is 0 Å². The first-order valence-electron chi connectivity index (χ1n) is 7.42. The lowest BCUT2D eigenvalue weighted by Crippen LogP contribution is -2.46. The van der Waals surface area contributed by atoms with Gasteiger partial charge in [0, 0.05) is 0 Å². The molecule has 0 aromatic carbocycles. The third-order valence-electron chi connectivity index (χ3n) is 3.25. The SMILES string of the molecule is CC(C)CC1C(COOOOOO)CC1OOOOOOOOOOOOOO. The molecule has 174 valence electrons. The molecule has 0 heterocycles. The molecule has 3 atom stereocenters.